The van der Waals surface area contributed by atoms with Gasteiger partial charge in [-0.15, -0.1) is 0 Å². The smallest absolute Gasteiger partial charge is 0.226 e. The molecule has 25 heavy (non-hydrogen) atoms. The number of ether oxygens (including phenoxy) is 1. The highest BCUT2D eigenvalue weighted by Gasteiger charge is 2.24. The van der Waals surface area contributed by atoms with Gasteiger partial charge in [-0.1, -0.05) is 18.2 Å². The Morgan fingerprint density at radius 1 is 1.24 bits per heavy atom. The van der Waals surface area contributed by atoms with Gasteiger partial charge in [0, 0.05) is 25.5 Å². The first-order valence-corrected chi connectivity index (χ1v) is 8.73. The highest BCUT2D eigenvalue weighted by molar-refractivity contribution is 5.76. The molecule has 1 amide bonds. The van der Waals surface area contributed by atoms with Crippen LogP contribution in [0.5, 0.6) is 5.75 Å². The van der Waals surface area contributed by atoms with Gasteiger partial charge in [-0.2, -0.15) is 0 Å². The van der Waals surface area contributed by atoms with Crippen molar-refractivity contribution >= 4 is 11.7 Å². The summed E-state index contributed by atoms with van der Waals surface area (Å²) < 4.78 is 5.62. The molecular formula is C19H24N4O2. The number of nitrogens with zero attached hydrogens (tertiary/aromatic N) is 3. The second-order valence-corrected chi connectivity index (χ2v) is 6.35. The van der Waals surface area contributed by atoms with E-state index < -0.39 is 0 Å². The van der Waals surface area contributed by atoms with Crippen LogP contribution in [0.4, 0.5) is 5.82 Å². The van der Waals surface area contributed by atoms with Crippen LogP contribution in [0.2, 0.25) is 0 Å². The monoisotopic (exact) mass is 340 g/mol. The Bertz CT molecular complexity index is 693. The lowest BCUT2D eigenvalue weighted by Crippen LogP contribution is -2.41. The lowest BCUT2D eigenvalue weighted by atomic mass is 9.93. The average molecular weight is 340 g/mol. The molecule has 0 radical (unpaired) electrons. The first-order chi connectivity index (χ1) is 12.2. The van der Waals surface area contributed by atoms with Crippen molar-refractivity contribution in [1.29, 1.82) is 0 Å². The molecule has 6 heteroatoms. The second kappa shape index (κ2) is 8.46. The number of benzene rings is 1. The number of aromatic nitrogens is 2. The van der Waals surface area contributed by atoms with Crippen LogP contribution in [-0.4, -0.2) is 40.5 Å². The number of rotatable bonds is 6. The predicted molar refractivity (Wildman–Crippen MR) is 96.0 cm³/mol. The van der Waals surface area contributed by atoms with Crippen LogP contribution >= 0.6 is 0 Å². The van der Waals surface area contributed by atoms with Crippen LogP contribution in [0.1, 0.15) is 25.0 Å². The van der Waals surface area contributed by atoms with E-state index in [4.69, 9.17) is 10.5 Å². The van der Waals surface area contributed by atoms with Crippen LogP contribution < -0.4 is 10.5 Å². The zero-order chi connectivity index (χ0) is 17.5. The summed E-state index contributed by atoms with van der Waals surface area (Å²) in [5, 5.41) is 0. The van der Waals surface area contributed by atoms with Gasteiger partial charge in [0.25, 0.3) is 0 Å². The van der Waals surface area contributed by atoms with Crippen molar-refractivity contribution in [2.24, 2.45) is 5.92 Å². The molecule has 1 atom stereocenters. The molecule has 0 saturated carbocycles. The molecule has 132 valence electrons. The summed E-state index contributed by atoms with van der Waals surface area (Å²) in [6.45, 7) is 1.97. The highest BCUT2D eigenvalue weighted by Crippen LogP contribution is 2.22. The van der Waals surface area contributed by atoms with Crippen molar-refractivity contribution in [2.45, 2.75) is 25.7 Å². The predicted octanol–water partition coefficient (Wildman–Crippen LogP) is 2.31. The van der Waals surface area contributed by atoms with Crippen LogP contribution in [-0.2, 0) is 11.2 Å². The fraction of sp³-hybridized carbons (Fsp3) is 0.421. The molecular weight excluding hydrogens is 316 g/mol. The summed E-state index contributed by atoms with van der Waals surface area (Å²) in [4.78, 5) is 22.8. The normalized spacial score (nSPS) is 17.3. The van der Waals surface area contributed by atoms with E-state index in [1.165, 1.54) is 0 Å². The van der Waals surface area contributed by atoms with E-state index in [-0.39, 0.29) is 5.91 Å². The third kappa shape index (κ3) is 4.92. The minimum atomic E-state index is 0.146. The summed E-state index contributed by atoms with van der Waals surface area (Å²) in [6.07, 6.45) is 6.52. The van der Waals surface area contributed by atoms with Gasteiger partial charge >= 0.3 is 0 Å². The number of nitrogen functional groups attached to an aromatic ring is 1. The molecule has 6 nitrogen and oxygen atoms in total. The summed E-state index contributed by atoms with van der Waals surface area (Å²) in [7, 11) is 0. The Morgan fingerprint density at radius 2 is 2.04 bits per heavy atom. The van der Waals surface area contributed by atoms with Crippen molar-refractivity contribution in [3.05, 3.63) is 48.4 Å². The number of amides is 1. The SMILES string of the molecule is Nc1nccnc1C[C@H]1CCCN(C(=O)CCOc2ccccc2)C1. The van der Waals surface area contributed by atoms with Gasteiger partial charge in [0.2, 0.25) is 5.91 Å². The van der Waals surface area contributed by atoms with Gasteiger partial charge < -0.3 is 15.4 Å². The van der Waals surface area contributed by atoms with Gasteiger partial charge in [0.05, 0.1) is 18.7 Å². The molecule has 1 saturated heterocycles. The maximum absolute atomic E-state index is 12.4. The molecule has 0 unspecified atom stereocenters. The van der Waals surface area contributed by atoms with Gasteiger partial charge in [-0.3, -0.25) is 9.78 Å². The highest BCUT2D eigenvalue weighted by atomic mass is 16.5. The molecule has 1 aliphatic heterocycles. The molecule has 1 aromatic carbocycles. The second-order valence-electron chi connectivity index (χ2n) is 6.35. The Hall–Kier alpha value is -2.63. The fourth-order valence-corrected chi connectivity index (χ4v) is 3.20. The van der Waals surface area contributed by atoms with Gasteiger partial charge in [-0.05, 0) is 37.3 Å². The standard InChI is InChI=1S/C19H24N4O2/c20-19-17(21-9-10-22-19)13-15-5-4-11-23(14-15)18(24)8-12-25-16-6-2-1-3-7-16/h1-3,6-7,9-10,15H,4-5,8,11-14H2,(H2,20,22)/t15-/m1/s1. The number of piperidine rings is 1. The molecule has 2 aromatic rings. The van der Waals surface area contributed by atoms with Gasteiger partial charge in [-0.25, -0.2) is 4.98 Å². The first kappa shape index (κ1) is 17.2. The van der Waals surface area contributed by atoms with Crippen molar-refractivity contribution in [3.8, 4) is 5.75 Å². The lowest BCUT2D eigenvalue weighted by Gasteiger charge is -2.32. The number of carbonyl (C=O) groups is 1. The number of nitrogens with two attached hydrogens (primary N) is 1. The molecule has 1 fully saturated rings. The summed E-state index contributed by atoms with van der Waals surface area (Å²) >= 11 is 0. The minimum Gasteiger partial charge on any atom is -0.493 e. The largest absolute Gasteiger partial charge is 0.493 e. The van der Waals surface area contributed by atoms with E-state index >= 15 is 0 Å². The Morgan fingerprint density at radius 3 is 2.84 bits per heavy atom. The molecule has 1 aliphatic rings. The number of carbonyl (C=O) groups excluding carboxylic acids is 1. The van der Waals surface area contributed by atoms with E-state index in [0.717, 1.165) is 43.8 Å². The molecule has 0 bridgehead atoms. The van der Waals surface area contributed by atoms with Crippen molar-refractivity contribution in [3.63, 3.8) is 0 Å². The van der Waals surface area contributed by atoms with Crippen LogP contribution in [0, 0.1) is 5.92 Å². The lowest BCUT2D eigenvalue weighted by molar-refractivity contribution is -0.133. The van der Waals surface area contributed by atoms with Crippen LogP contribution in [0.15, 0.2) is 42.7 Å². The molecule has 0 aliphatic carbocycles. The first-order valence-electron chi connectivity index (χ1n) is 8.73. The Kier molecular flexibility index (Phi) is 5.82. The molecule has 2 N–H and O–H groups in total. The van der Waals surface area contributed by atoms with Crippen LogP contribution in [0.3, 0.4) is 0 Å². The van der Waals surface area contributed by atoms with E-state index in [2.05, 4.69) is 9.97 Å². The molecule has 3 rings (SSSR count). The number of para-hydroxylation sites is 1. The molecule has 2 heterocycles. The zero-order valence-corrected chi connectivity index (χ0v) is 14.3. The summed E-state index contributed by atoms with van der Waals surface area (Å²) in [6, 6.07) is 9.57. The van der Waals surface area contributed by atoms with E-state index in [1.807, 2.05) is 35.2 Å². The fourth-order valence-electron chi connectivity index (χ4n) is 3.20. The van der Waals surface area contributed by atoms with Crippen LogP contribution in [0.25, 0.3) is 0 Å². The average Bonchev–Trinajstić information content (AvgIpc) is 2.65. The quantitative estimate of drug-likeness (QED) is 0.873. The maximum atomic E-state index is 12.4. The number of hydrogen-bond acceptors (Lipinski definition) is 5. The van der Waals surface area contributed by atoms with Crippen molar-refractivity contribution in [2.75, 3.05) is 25.4 Å². The summed E-state index contributed by atoms with van der Waals surface area (Å²) in [5.41, 5.74) is 6.71. The number of anilines is 1. The Labute approximate surface area is 148 Å². The number of likely N-dealkylation sites (tertiary alicyclic amines) is 1. The third-order valence-electron chi connectivity index (χ3n) is 4.49. The van der Waals surface area contributed by atoms with Gasteiger partial charge in [0.1, 0.15) is 11.6 Å². The maximum Gasteiger partial charge on any atom is 0.226 e. The zero-order valence-electron chi connectivity index (χ0n) is 14.3. The molecule has 0 spiro atoms. The minimum absolute atomic E-state index is 0.146. The Balaban J connectivity index is 1.47. The molecule has 1 aromatic heterocycles. The summed E-state index contributed by atoms with van der Waals surface area (Å²) in [5.74, 6) is 1.81. The van der Waals surface area contributed by atoms with Crippen molar-refractivity contribution < 1.29 is 9.53 Å². The van der Waals surface area contributed by atoms with E-state index in [1.54, 1.807) is 12.4 Å². The van der Waals surface area contributed by atoms with E-state index in [0.29, 0.717) is 24.8 Å². The van der Waals surface area contributed by atoms with Gasteiger partial charge in [0.15, 0.2) is 0 Å². The topological polar surface area (TPSA) is 81.3 Å². The van der Waals surface area contributed by atoms with E-state index in [9.17, 15) is 4.79 Å². The number of hydrogen-bond donors (Lipinski definition) is 1. The third-order valence-corrected chi connectivity index (χ3v) is 4.49. The van der Waals surface area contributed by atoms with Crippen molar-refractivity contribution in [1.82, 2.24) is 14.9 Å².